The van der Waals surface area contributed by atoms with E-state index in [1.54, 1.807) is 13.0 Å². The topological polar surface area (TPSA) is 47.1 Å². The van der Waals surface area contributed by atoms with Crippen LogP contribution in [-0.2, 0) is 0 Å². The van der Waals surface area contributed by atoms with Crippen molar-refractivity contribution in [1.29, 1.82) is 0 Å². The van der Waals surface area contributed by atoms with Gasteiger partial charge in [-0.05, 0) is 36.8 Å². The molecule has 2 aromatic carbocycles. The van der Waals surface area contributed by atoms with Crippen LogP contribution in [0, 0.1) is 12.7 Å². The zero-order valence-electron chi connectivity index (χ0n) is 12.3. The summed E-state index contributed by atoms with van der Waals surface area (Å²) in [6.45, 7) is 1.73. The standard InChI is InChI=1S/C16H17FN4/c1-10-7-15-14(9-13(10)17)19-16(18)21(15)12-6-4-5-11(8-12)20(2)3/h4-9H,1-3H3,(H2,18,19). The monoisotopic (exact) mass is 284 g/mol. The number of nitrogens with zero attached hydrogens (tertiary/aromatic N) is 3. The van der Waals surface area contributed by atoms with Gasteiger partial charge >= 0.3 is 0 Å². The van der Waals surface area contributed by atoms with Crippen LogP contribution in [0.15, 0.2) is 36.4 Å². The Morgan fingerprint density at radius 2 is 1.95 bits per heavy atom. The number of aryl methyl sites for hydroxylation is 1. The van der Waals surface area contributed by atoms with Crippen molar-refractivity contribution in [3.8, 4) is 5.69 Å². The highest BCUT2D eigenvalue weighted by Crippen LogP contribution is 2.27. The number of benzene rings is 2. The molecule has 0 aliphatic carbocycles. The van der Waals surface area contributed by atoms with E-state index in [-0.39, 0.29) is 5.82 Å². The number of hydrogen-bond acceptors (Lipinski definition) is 3. The lowest BCUT2D eigenvalue weighted by Gasteiger charge is -2.15. The summed E-state index contributed by atoms with van der Waals surface area (Å²) in [4.78, 5) is 6.27. The van der Waals surface area contributed by atoms with Crippen molar-refractivity contribution in [3.63, 3.8) is 0 Å². The molecule has 0 atom stereocenters. The second-order valence-corrected chi connectivity index (χ2v) is 5.31. The van der Waals surface area contributed by atoms with Gasteiger partial charge < -0.3 is 10.6 Å². The first-order chi connectivity index (χ1) is 9.97. The molecule has 4 nitrogen and oxygen atoms in total. The molecular formula is C16H17FN4. The van der Waals surface area contributed by atoms with Crippen molar-refractivity contribution < 1.29 is 4.39 Å². The molecule has 3 rings (SSSR count). The highest BCUT2D eigenvalue weighted by molar-refractivity contribution is 5.82. The quantitative estimate of drug-likeness (QED) is 0.786. The lowest BCUT2D eigenvalue weighted by Crippen LogP contribution is -2.09. The number of hydrogen-bond donors (Lipinski definition) is 1. The van der Waals surface area contributed by atoms with Crippen LogP contribution < -0.4 is 10.6 Å². The van der Waals surface area contributed by atoms with Gasteiger partial charge in [0.15, 0.2) is 0 Å². The number of anilines is 2. The van der Waals surface area contributed by atoms with Gasteiger partial charge in [0.2, 0.25) is 5.95 Å². The van der Waals surface area contributed by atoms with E-state index in [4.69, 9.17) is 5.73 Å². The minimum Gasteiger partial charge on any atom is -0.378 e. The first-order valence-electron chi connectivity index (χ1n) is 6.69. The average Bonchev–Trinajstić information content (AvgIpc) is 2.74. The zero-order chi connectivity index (χ0) is 15.1. The molecule has 0 saturated heterocycles. The van der Waals surface area contributed by atoms with Crippen molar-refractivity contribution in [2.75, 3.05) is 24.7 Å². The van der Waals surface area contributed by atoms with Crippen LogP contribution in [0.3, 0.4) is 0 Å². The third-order valence-corrected chi connectivity index (χ3v) is 3.57. The van der Waals surface area contributed by atoms with Gasteiger partial charge in [-0.15, -0.1) is 0 Å². The van der Waals surface area contributed by atoms with E-state index in [9.17, 15) is 4.39 Å². The van der Waals surface area contributed by atoms with Gasteiger partial charge in [-0.3, -0.25) is 4.57 Å². The maximum atomic E-state index is 13.7. The predicted octanol–water partition coefficient (Wildman–Crippen LogP) is 3.12. The van der Waals surface area contributed by atoms with Crippen molar-refractivity contribution in [3.05, 3.63) is 47.8 Å². The molecule has 5 heteroatoms. The third-order valence-electron chi connectivity index (χ3n) is 3.57. The molecule has 0 unspecified atom stereocenters. The molecule has 0 spiro atoms. The van der Waals surface area contributed by atoms with Gasteiger partial charge in [-0.2, -0.15) is 0 Å². The Kier molecular flexibility index (Phi) is 3.05. The van der Waals surface area contributed by atoms with Crippen LogP contribution in [-0.4, -0.2) is 23.6 Å². The van der Waals surface area contributed by atoms with Crippen LogP contribution in [0.2, 0.25) is 0 Å². The maximum absolute atomic E-state index is 13.7. The summed E-state index contributed by atoms with van der Waals surface area (Å²) >= 11 is 0. The van der Waals surface area contributed by atoms with Gasteiger partial charge in [0.25, 0.3) is 0 Å². The lowest BCUT2D eigenvalue weighted by molar-refractivity contribution is 0.620. The highest BCUT2D eigenvalue weighted by atomic mass is 19.1. The molecule has 3 aromatic rings. The summed E-state index contributed by atoms with van der Waals surface area (Å²) < 4.78 is 15.5. The molecule has 0 aliphatic heterocycles. The molecule has 1 aromatic heterocycles. The van der Waals surface area contributed by atoms with Gasteiger partial charge in [0.1, 0.15) is 5.82 Å². The van der Waals surface area contributed by atoms with E-state index in [1.807, 2.05) is 47.8 Å². The largest absolute Gasteiger partial charge is 0.378 e. The molecule has 0 aliphatic rings. The molecule has 0 radical (unpaired) electrons. The first kappa shape index (κ1) is 13.4. The number of nitrogen functional groups attached to an aromatic ring is 1. The van der Waals surface area contributed by atoms with E-state index >= 15 is 0 Å². The van der Waals surface area contributed by atoms with Crippen LogP contribution in [0.5, 0.6) is 0 Å². The van der Waals surface area contributed by atoms with Crippen molar-refractivity contribution in [1.82, 2.24) is 9.55 Å². The van der Waals surface area contributed by atoms with Crippen molar-refractivity contribution >= 4 is 22.7 Å². The summed E-state index contributed by atoms with van der Waals surface area (Å²) in [5.41, 5.74) is 9.94. The number of fused-ring (bicyclic) bond motifs is 1. The SMILES string of the molecule is Cc1cc2c(cc1F)nc(N)n2-c1cccc(N(C)C)c1. The maximum Gasteiger partial charge on any atom is 0.205 e. The van der Waals surface area contributed by atoms with Gasteiger partial charge in [0.05, 0.1) is 16.7 Å². The second kappa shape index (κ2) is 4.77. The molecular weight excluding hydrogens is 267 g/mol. The van der Waals surface area contributed by atoms with Crippen LogP contribution in [0.1, 0.15) is 5.56 Å². The smallest absolute Gasteiger partial charge is 0.205 e. The summed E-state index contributed by atoms with van der Waals surface area (Å²) in [5, 5.41) is 0. The van der Waals surface area contributed by atoms with E-state index in [1.165, 1.54) is 6.07 Å². The van der Waals surface area contributed by atoms with Gasteiger partial charge in [-0.25, -0.2) is 9.37 Å². The summed E-state index contributed by atoms with van der Waals surface area (Å²) in [6, 6.07) is 11.2. The molecule has 108 valence electrons. The Morgan fingerprint density at radius 3 is 2.67 bits per heavy atom. The molecule has 0 saturated carbocycles. The second-order valence-electron chi connectivity index (χ2n) is 5.31. The fourth-order valence-corrected chi connectivity index (χ4v) is 2.40. The van der Waals surface area contributed by atoms with E-state index in [0.29, 0.717) is 17.0 Å². The van der Waals surface area contributed by atoms with Gasteiger partial charge in [-0.1, -0.05) is 6.07 Å². The number of nitrogens with two attached hydrogens (primary N) is 1. The number of aromatic nitrogens is 2. The summed E-state index contributed by atoms with van der Waals surface area (Å²) in [7, 11) is 3.96. The molecule has 2 N–H and O–H groups in total. The molecule has 0 bridgehead atoms. The average molecular weight is 284 g/mol. The van der Waals surface area contributed by atoms with Crippen molar-refractivity contribution in [2.24, 2.45) is 0 Å². The molecule has 21 heavy (non-hydrogen) atoms. The number of rotatable bonds is 2. The van der Waals surface area contributed by atoms with Crippen LogP contribution in [0.25, 0.3) is 16.7 Å². The van der Waals surface area contributed by atoms with Crippen LogP contribution >= 0.6 is 0 Å². The zero-order valence-corrected chi connectivity index (χ0v) is 12.3. The lowest BCUT2D eigenvalue weighted by atomic mass is 10.2. The van der Waals surface area contributed by atoms with E-state index in [0.717, 1.165) is 16.9 Å². The Balaban J connectivity index is 2.27. The number of imidazole rings is 1. The fourth-order valence-electron chi connectivity index (χ4n) is 2.40. The normalized spacial score (nSPS) is 11.0. The van der Waals surface area contributed by atoms with E-state index in [2.05, 4.69) is 4.98 Å². The Labute approximate surface area is 122 Å². The molecule has 1 heterocycles. The predicted molar refractivity (Wildman–Crippen MR) is 84.5 cm³/mol. The third kappa shape index (κ3) is 2.20. The minimum atomic E-state index is -0.269. The Morgan fingerprint density at radius 1 is 1.19 bits per heavy atom. The number of halogens is 1. The van der Waals surface area contributed by atoms with Crippen LogP contribution in [0.4, 0.5) is 16.0 Å². The molecule has 0 fully saturated rings. The summed E-state index contributed by atoms with van der Waals surface area (Å²) in [6.07, 6.45) is 0. The Bertz CT molecular complexity index is 821. The fraction of sp³-hybridized carbons (Fsp3) is 0.188. The van der Waals surface area contributed by atoms with Gasteiger partial charge in [0, 0.05) is 25.8 Å². The van der Waals surface area contributed by atoms with E-state index < -0.39 is 0 Å². The minimum absolute atomic E-state index is 0.269. The first-order valence-corrected chi connectivity index (χ1v) is 6.69. The summed E-state index contributed by atoms with van der Waals surface area (Å²) in [5.74, 6) is 0.0834. The highest BCUT2D eigenvalue weighted by Gasteiger charge is 2.13. The Hall–Kier alpha value is -2.56. The van der Waals surface area contributed by atoms with Crippen molar-refractivity contribution in [2.45, 2.75) is 6.92 Å². The molecule has 0 amide bonds.